The predicted octanol–water partition coefficient (Wildman–Crippen LogP) is 2.27. The lowest BCUT2D eigenvalue weighted by Gasteiger charge is -2.31. The molecule has 1 fully saturated rings. The molecule has 1 unspecified atom stereocenters. The minimum absolute atomic E-state index is 0.0782. The summed E-state index contributed by atoms with van der Waals surface area (Å²) in [4.78, 5) is 23.1. The fraction of sp³-hybridized carbons (Fsp3) is 0.500. The minimum Gasteiger partial charge on any atom is -0.365 e. The van der Waals surface area contributed by atoms with E-state index in [2.05, 4.69) is 9.97 Å². The molecule has 24 heavy (non-hydrogen) atoms. The van der Waals surface area contributed by atoms with Gasteiger partial charge in [0.1, 0.15) is 5.60 Å². The highest BCUT2D eigenvalue weighted by Gasteiger charge is 2.40. The molecule has 0 radical (unpaired) electrons. The summed E-state index contributed by atoms with van der Waals surface area (Å²) in [5.41, 5.74) is 0.354. The molecule has 6 nitrogen and oxygen atoms in total. The van der Waals surface area contributed by atoms with Crippen LogP contribution in [0, 0.1) is 0 Å². The molecule has 0 spiro atoms. The smallest absolute Gasteiger partial charge is 0.254 e. The van der Waals surface area contributed by atoms with Gasteiger partial charge in [0.2, 0.25) is 0 Å². The van der Waals surface area contributed by atoms with Crippen LogP contribution in [0.3, 0.4) is 0 Å². The molecule has 6 heteroatoms. The van der Waals surface area contributed by atoms with E-state index in [1.165, 1.54) is 0 Å². The van der Waals surface area contributed by atoms with E-state index in [-0.39, 0.29) is 5.91 Å². The summed E-state index contributed by atoms with van der Waals surface area (Å²) >= 11 is 0. The van der Waals surface area contributed by atoms with Crippen molar-refractivity contribution in [2.24, 2.45) is 0 Å². The maximum atomic E-state index is 13.0. The molecule has 2 aromatic rings. The summed E-state index contributed by atoms with van der Waals surface area (Å²) in [5, 5.41) is 0. The number of imidazole rings is 1. The monoisotopic (exact) mass is 328 g/mol. The lowest BCUT2D eigenvalue weighted by Crippen LogP contribution is -2.47. The number of ether oxygens (including phenoxy) is 1. The zero-order valence-electron chi connectivity index (χ0n) is 14.1. The van der Waals surface area contributed by atoms with E-state index in [4.69, 9.17) is 4.74 Å². The highest BCUT2D eigenvalue weighted by atomic mass is 16.5. The van der Waals surface area contributed by atoms with Gasteiger partial charge in [-0.15, -0.1) is 0 Å². The third-order valence-electron chi connectivity index (χ3n) is 4.46. The Bertz CT molecular complexity index is 636. The summed E-state index contributed by atoms with van der Waals surface area (Å²) < 4.78 is 7.78. The van der Waals surface area contributed by atoms with Gasteiger partial charge in [0, 0.05) is 51.0 Å². The van der Waals surface area contributed by atoms with Gasteiger partial charge < -0.3 is 14.2 Å². The quantitative estimate of drug-likeness (QED) is 0.782. The number of amides is 1. The van der Waals surface area contributed by atoms with E-state index < -0.39 is 5.60 Å². The highest BCUT2D eigenvalue weighted by Crippen LogP contribution is 2.28. The fourth-order valence-corrected chi connectivity index (χ4v) is 3.11. The number of pyridine rings is 1. The molecule has 1 saturated heterocycles. The van der Waals surface area contributed by atoms with Crippen molar-refractivity contribution in [1.82, 2.24) is 19.4 Å². The lowest BCUT2D eigenvalue weighted by atomic mass is 10.0. The van der Waals surface area contributed by atoms with Crippen molar-refractivity contribution in [2.75, 3.05) is 13.2 Å². The van der Waals surface area contributed by atoms with E-state index in [1.54, 1.807) is 18.7 Å². The number of hydrogen-bond donors (Lipinski definition) is 0. The zero-order valence-corrected chi connectivity index (χ0v) is 14.1. The number of nitrogens with zero attached hydrogens (tertiary/aromatic N) is 4. The second-order valence-corrected chi connectivity index (χ2v) is 6.42. The normalized spacial score (nSPS) is 20.2. The molecule has 0 aromatic carbocycles. The molecule has 3 heterocycles. The molecule has 0 N–H and O–H groups in total. The van der Waals surface area contributed by atoms with Gasteiger partial charge in [0.15, 0.2) is 0 Å². The van der Waals surface area contributed by atoms with Crippen molar-refractivity contribution >= 4 is 5.91 Å². The lowest BCUT2D eigenvalue weighted by molar-refractivity contribution is -0.151. The standard InChI is InChI=1S/C18H24N4O2/c1-18(6-3-12-24-18)17(23)22(14-16-5-2-7-19-13-16)10-4-9-21-11-8-20-15-21/h2,5,7-8,11,13,15H,3-4,6,9-10,12,14H2,1H3. The van der Waals surface area contributed by atoms with Crippen LogP contribution in [0.1, 0.15) is 31.7 Å². The summed E-state index contributed by atoms with van der Waals surface area (Å²) in [6, 6.07) is 3.90. The second-order valence-electron chi connectivity index (χ2n) is 6.42. The third kappa shape index (κ3) is 4.00. The maximum absolute atomic E-state index is 13.0. The topological polar surface area (TPSA) is 60.2 Å². The van der Waals surface area contributed by atoms with Crippen molar-refractivity contribution in [3.8, 4) is 0 Å². The van der Waals surface area contributed by atoms with Crippen molar-refractivity contribution in [3.05, 3.63) is 48.8 Å². The van der Waals surface area contributed by atoms with Crippen LogP contribution in [0.25, 0.3) is 0 Å². The summed E-state index contributed by atoms with van der Waals surface area (Å²) in [6.45, 7) is 4.67. The Morgan fingerprint density at radius 1 is 1.42 bits per heavy atom. The van der Waals surface area contributed by atoms with Crippen molar-refractivity contribution in [1.29, 1.82) is 0 Å². The number of hydrogen-bond acceptors (Lipinski definition) is 4. The Labute approximate surface area is 142 Å². The Morgan fingerprint density at radius 3 is 3.00 bits per heavy atom. The van der Waals surface area contributed by atoms with Gasteiger partial charge in [-0.2, -0.15) is 0 Å². The molecule has 1 atom stereocenters. The summed E-state index contributed by atoms with van der Waals surface area (Å²) in [6.07, 6.45) is 11.7. The SMILES string of the molecule is CC1(C(=O)N(CCCn2ccnc2)Cc2cccnc2)CCCO1. The highest BCUT2D eigenvalue weighted by molar-refractivity contribution is 5.85. The fourth-order valence-electron chi connectivity index (χ4n) is 3.11. The first kappa shape index (κ1) is 16.6. The molecule has 0 aliphatic carbocycles. The second kappa shape index (κ2) is 7.57. The van der Waals surface area contributed by atoms with Crippen molar-refractivity contribution in [2.45, 2.75) is 44.9 Å². The zero-order chi connectivity index (χ0) is 16.8. The molecule has 0 bridgehead atoms. The van der Waals surface area contributed by atoms with Gasteiger partial charge in [-0.25, -0.2) is 4.98 Å². The van der Waals surface area contributed by atoms with Crippen molar-refractivity contribution < 1.29 is 9.53 Å². The van der Waals surface area contributed by atoms with Gasteiger partial charge >= 0.3 is 0 Å². The number of carbonyl (C=O) groups is 1. The molecule has 0 saturated carbocycles. The molecule has 1 aliphatic heterocycles. The van der Waals surface area contributed by atoms with E-state index in [0.717, 1.165) is 31.4 Å². The first-order valence-corrected chi connectivity index (χ1v) is 8.45. The van der Waals surface area contributed by atoms with Gasteiger partial charge in [-0.05, 0) is 37.8 Å². The van der Waals surface area contributed by atoms with E-state index in [9.17, 15) is 4.79 Å². The molecule has 1 aliphatic rings. The molecular weight excluding hydrogens is 304 g/mol. The van der Waals surface area contributed by atoms with Crippen molar-refractivity contribution in [3.63, 3.8) is 0 Å². The molecule has 128 valence electrons. The van der Waals surface area contributed by atoms with Crippen LogP contribution in [-0.2, 0) is 22.6 Å². The number of aromatic nitrogens is 3. The van der Waals surface area contributed by atoms with E-state index in [0.29, 0.717) is 19.7 Å². The van der Waals surface area contributed by atoms with Gasteiger partial charge in [0.05, 0.1) is 6.33 Å². The summed E-state index contributed by atoms with van der Waals surface area (Å²) in [7, 11) is 0. The van der Waals surface area contributed by atoms with Crippen LogP contribution >= 0.6 is 0 Å². The molecular formula is C18H24N4O2. The van der Waals surface area contributed by atoms with Crippen LogP contribution in [0.2, 0.25) is 0 Å². The Balaban J connectivity index is 1.66. The Morgan fingerprint density at radius 2 is 2.33 bits per heavy atom. The first-order chi connectivity index (χ1) is 11.7. The Hall–Kier alpha value is -2.21. The van der Waals surface area contributed by atoms with Crippen LogP contribution in [0.4, 0.5) is 0 Å². The molecule has 1 amide bonds. The van der Waals surface area contributed by atoms with Gasteiger partial charge in [0.25, 0.3) is 5.91 Å². The summed E-state index contributed by atoms with van der Waals surface area (Å²) in [5.74, 6) is 0.0782. The first-order valence-electron chi connectivity index (χ1n) is 8.45. The third-order valence-corrected chi connectivity index (χ3v) is 4.46. The van der Waals surface area contributed by atoms with Gasteiger partial charge in [-0.3, -0.25) is 9.78 Å². The molecule has 2 aromatic heterocycles. The minimum atomic E-state index is -0.683. The van der Waals surface area contributed by atoms with E-state index >= 15 is 0 Å². The Kier molecular flexibility index (Phi) is 5.25. The predicted molar refractivity (Wildman–Crippen MR) is 90.1 cm³/mol. The average Bonchev–Trinajstić information content (AvgIpc) is 3.27. The van der Waals surface area contributed by atoms with Crippen LogP contribution in [-0.4, -0.2) is 44.1 Å². The van der Waals surface area contributed by atoms with Crippen LogP contribution in [0.15, 0.2) is 43.2 Å². The van der Waals surface area contributed by atoms with Crippen LogP contribution in [0.5, 0.6) is 0 Å². The molecule has 3 rings (SSSR count). The van der Waals surface area contributed by atoms with Crippen LogP contribution < -0.4 is 0 Å². The maximum Gasteiger partial charge on any atom is 0.254 e. The number of rotatable bonds is 7. The average molecular weight is 328 g/mol. The van der Waals surface area contributed by atoms with Gasteiger partial charge in [-0.1, -0.05) is 6.07 Å². The largest absolute Gasteiger partial charge is 0.365 e. The number of carbonyl (C=O) groups excluding carboxylic acids is 1. The number of aryl methyl sites for hydroxylation is 1. The van der Waals surface area contributed by atoms with E-state index in [1.807, 2.05) is 40.9 Å².